The first-order valence-electron chi connectivity index (χ1n) is 6.40. The molecule has 0 bridgehead atoms. The molecule has 0 N–H and O–H groups in total. The molecule has 1 aromatic carbocycles. The summed E-state index contributed by atoms with van der Waals surface area (Å²) in [5.41, 5.74) is 3.19. The Kier molecular flexibility index (Phi) is 2.78. The lowest BCUT2D eigenvalue weighted by molar-refractivity contribution is 0.776. The van der Waals surface area contributed by atoms with Gasteiger partial charge in [-0.25, -0.2) is 9.97 Å². The first kappa shape index (κ1) is 11.8. The summed E-state index contributed by atoms with van der Waals surface area (Å²) < 4.78 is 1.87. The molecule has 2 aromatic heterocycles. The maximum atomic E-state index is 4.62. The number of aromatic nitrogens is 4. The molecule has 3 aromatic rings. The van der Waals surface area contributed by atoms with Gasteiger partial charge >= 0.3 is 0 Å². The Morgan fingerprint density at radius 2 is 2.00 bits per heavy atom. The number of hydrogen-bond acceptors (Lipinski definition) is 3. The molecule has 0 unspecified atom stereocenters. The zero-order valence-electron chi connectivity index (χ0n) is 11.3. The van der Waals surface area contributed by atoms with E-state index in [0.29, 0.717) is 5.92 Å². The quantitative estimate of drug-likeness (QED) is 0.703. The third-order valence-corrected chi connectivity index (χ3v) is 3.23. The van der Waals surface area contributed by atoms with Gasteiger partial charge in [0.25, 0.3) is 0 Å². The Bertz CT molecular complexity index is 728. The van der Waals surface area contributed by atoms with Crippen LogP contribution in [0.25, 0.3) is 22.2 Å². The molecule has 4 heteroatoms. The average Bonchev–Trinajstić information content (AvgIpc) is 2.80. The fourth-order valence-electron chi connectivity index (χ4n) is 2.14. The molecular formula is C15H16N4. The van der Waals surface area contributed by atoms with Gasteiger partial charge < -0.3 is 0 Å². The normalized spacial score (nSPS) is 11.4. The predicted octanol–water partition coefficient (Wildman–Crippen LogP) is 3.15. The van der Waals surface area contributed by atoms with Crippen molar-refractivity contribution in [1.82, 2.24) is 19.7 Å². The Morgan fingerprint density at radius 3 is 2.79 bits per heavy atom. The Morgan fingerprint density at radius 1 is 1.16 bits per heavy atom. The lowest BCUT2D eigenvalue weighted by Crippen LogP contribution is -1.98. The lowest BCUT2D eigenvalue weighted by Gasteiger charge is -2.06. The van der Waals surface area contributed by atoms with Gasteiger partial charge in [0.05, 0.1) is 17.4 Å². The van der Waals surface area contributed by atoms with Crippen molar-refractivity contribution >= 4 is 10.9 Å². The van der Waals surface area contributed by atoms with E-state index >= 15 is 0 Å². The van der Waals surface area contributed by atoms with Crippen LogP contribution in [0.15, 0.2) is 36.7 Å². The average molecular weight is 252 g/mol. The highest BCUT2D eigenvalue weighted by Gasteiger charge is 2.07. The molecule has 0 atom stereocenters. The van der Waals surface area contributed by atoms with Crippen molar-refractivity contribution in [2.75, 3.05) is 0 Å². The van der Waals surface area contributed by atoms with Crippen LogP contribution in [-0.2, 0) is 7.05 Å². The minimum atomic E-state index is 0.335. The third-order valence-electron chi connectivity index (χ3n) is 3.23. The van der Waals surface area contributed by atoms with Crippen LogP contribution < -0.4 is 0 Å². The van der Waals surface area contributed by atoms with E-state index < -0.39 is 0 Å². The van der Waals surface area contributed by atoms with Crippen molar-refractivity contribution in [1.29, 1.82) is 0 Å². The van der Waals surface area contributed by atoms with Crippen LogP contribution >= 0.6 is 0 Å². The number of aryl methyl sites for hydroxylation is 1. The van der Waals surface area contributed by atoms with E-state index in [0.717, 1.165) is 28.0 Å². The maximum Gasteiger partial charge on any atom is 0.131 e. The molecule has 0 aliphatic carbocycles. The fourth-order valence-corrected chi connectivity index (χ4v) is 2.14. The summed E-state index contributed by atoms with van der Waals surface area (Å²) in [5, 5.41) is 5.39. The van der Waals surface area contributed by atoms with E-state index in [2.05, 4.69) is 47.1 Å². The Balaban J connectivity index is 2.10. The first-order valence-corrected chi connectivity index (χ1v) is 6.40. The lowest BCUT2D eigenvalue weighted by atomic mass is 10.1. The molecule has 4 nitrogen and oxygen atoms in total. The Hall–Kier alpha value is -2.23. The molecule has 0 radical (unpaired) electrons. The van der Waals surface area contributed by atoms with Crippen molar-refractivity contribution < 1.29 is 0 Å². The molecule has 0 spiro atoms. The Labute approximate surface area is 112 Å². The molecule has 19 heavy (non-hydrogen) atoms. The molecule has 0 aliphatic rings. The summed E-state index contributed by atoms with van der Waals surface area (Å²) in [6.07, 6.45) is 3.70. The second-order valence-electron chi connectivity index (χ2n) is 5.00. The van der Waals surface area contributed by atoms with Gasteiger partial charge in [0, 0.05) is 30.1 Å². The van der Waals surface area contributed by atoms with Gasteiger partial charge in [-0.15, -0.1) is 0 Å². The van der Waals surface area contributed by atoms with Crippen LogP contribution in [0.3, 0.4) is 0 Å². The summed E-state index contributed by atoms with van der Waals surface area (Å²) in [4.78, 5) is 8.92. The van der Waals surface area contributed by atoms with E-state index in [-0.39, 0.29) is 0 Å². The molecule has 0 saturated carbocycles. The summed E-state index contributed by atoms with van der Waals surface area (Å²) in [7, 11) is 1.95. The molecular weight excluding hydrogens is 236 g/mol. The summed E-state index contributed by atoms with van der Waals surface area (Å²) in [5.74, 6) is 1.21. The minimum Gasteiger partial charge on any atom is -0.268 e. The van der Waals surface area contributed by atoms with E-state index in [1.165, 1.54) is 0 Å². The van der Waals surface area contributed by atoms with Gasteiger partial charge in [-0.05, 0) is 18.2 Å². The highest BCUT2D eigenvalue weighted by molar-refractivity contribution is 5.83. The maximum absolute atomic E-state index is 4.62. The summed E-state index contributed by atoms with van der Waals surface area (Å²) in [6, 6.07) is 8.23. The largest absolute Gasteiger partial charge is 0.268 e. The molecule has 0 fully saturated rings. The molecule has 0 saturated heterocycles. The molecule has 3 rings (SSSR count). The highest BCUT2D eigenvalue weighted by Crippen LogP contribution is 2.23. The van der Waals surface area contributed by atoms with Crippen LogP contribution in [0, 0.1) is 0 Å². The van der Waals surface area contributed by atoms with Gasteiger partial charge in [-0.1, -0.05) is 19.9 Å². The first-order chi connectivity index (χ1) is 9.15. The topological polar surface area (TPSA) is 43.6 Å². The second-order valence-corrected chi connectivity index (χ2v) is 5.00. The SMILES string of the molecule is CC(C)c1nccc(-c2ccc3c(cnn3C)c2)n1. The van der Waals surface area contributed by atoms with Crippen LogP contribution in [0.4, 0.5) is 0 Å². The molecule has 2 heterocycles. The summed E-state index contributed by atoms with van der Waals surface area (Å²) in [6.45, 7) is 4.20. The van der Waals surface area contributed by atoms with Gasteiger partial charge in [0.2, 0.25) is 0 Å². The number of hydrogen-bond donors (Lipinski definition) is 0. The molecule has 0 aliphatic heterocycles. The van der Waals surface area contributed by atoms with E-state index in [1.54, 1.807) is 0 Å². The van der Waals surface area contributed by atoms with Crippen molar-refractivity contribution in [2.24, 2.45) is 7.05 Å². The van der Waals surface area contributed by atoms with Crippen molar-refractivity contribution in [3.63, 3.8) is 0 Å². The van der Waals surface area contributed by atoms with Gasteiger partial charge in [-0.2, -0.15) is 5.10 Å². The predicted molar refractivity (Wildman–Crippen MR) is 75.8 cm³/mol. The van der Waals surface area contributed by atoms with Crippen LogP contribution in [-0.4, -0.2) is 19.7 Å². The van der Waals surface area contributed by atoms with Crippen LogP contribution in [0.1, 0.15) is 25.6 Å². The van der Waals surface area contributed by atoms with Crippen molar-refractivity contribution in [3.05, 3.63) is 42.5 Å². The standard InChI is InChI=1S/C15H16N4/c1-10(2)15-16-7-6-13(18-15)11-4-5-14-12(8-11)9-17-19(14)3/h4-10H,1-3H3. The number of benzene rings is 1. The van der Waals surface area contributed by atoms with Crippen molar-refractivity contribution in [3.8, 4) is 11.3 Å². The van der Waals surface area contributed by atoms with E-state index in [1.807, 2.05) is 30.2 Å². The van der Waals surface area contributed by atoms with Crippen LogP contribution in [0.2, 0.25) is 0 Å². The number of fused-ring (bicyclic) bond motifs is 1. The van der Waals surface area contributed by atoms with Gasteiger partial charge in [0.1, 0.15) is 5.82 Å². The summed E-state index contributed by atoms with van der Waals surface area (Å²) >= 11 is 0. The van der Waals surface area contributed by atoms with Gasteiger partial charge in [-0.3, -0.25) is 4.68 Å². The smallest absolute Gasteiger partial charge is 0.131 e. The number of rotatable bonds is 2. The zero-order valence-corrected chi connectivity index (χ0v) is 11.3. The fraction of sp³-hybridized carbons (Fsp3) is 0.267. The monoisotopic (exact) mass is 252 g/mol. The van der Waals surface area contributed by atoms with E-state index in [9.17, 15) is 0 Å². The second kappa shape index (κ2) is 4.46. The highest BCUT2D eigenvalue weighted by atomic mass is 15.2. The van der Waals surface area contributed by atoms with Crippen molar-refractivity contribution in [2.45, 2.75) is 19.8 Å². The zero-order chi connectivity index (χ0) is 13.4. The molecule has 96 valence electrons. The molecule has 0 amide bonds. The van der Waals surface area contributed by atoms with E-state index in [4.69, 9.17) is 0 Å². The van der Waals surface area contributed by atoms with Gasteiger partial charge in [0.15, 0.2) is 0 Å². The number of nitrogens with zero attached hydrogens (tertiary/aromatic N) is 4. The third kappa shape index (κ3) is 2.10. The van der Waals surface area contributed by atoms with Crippen LogP contribution in [0.5, 0.6) is 0 Å². The minimum absolute atomic E-state index is 0.335.